The Hall–Kier alpha value is -4.20. The largest absolute Gasteiger partial charge is 0.507 e. The van der Waals surface area contributed by atoms with E-state index in [0.717, 1.165) is 0 Å². The standard InChI is InChI=1S/C26H23NO7/c1-2-31-18-8-5-16(6-9-18)23-22(25(29)26(30)27(23)15-19-4-3-11-32-19)24(28)17-7-10-20-21(14-17)34-13-12-33-20/h3-11,14,23,28H,2,12-13,15H2,1H3. The number of ketones is 1. The van der Waals surface area contributed by atoms with Gasteiger partial charge in [-0.1, -0.05) is 12.1 Å². The van der Waals surface area contributed by atoms with Crippen molar-refractivity contribution in [3.63, 3.8) is 0 Å². The highest BCUT2D eigenvalue weighted by molar-refractivity contribution is 6.46. The van der Waals surface area contributed by atoms with Gasteiger partial charge in [0.1, 0.15) is 30.5 Å². The SMILES string of the molecule is CCOc1ccc(C2C(=C(O)c3ccc4c(c3)OCCO4)C(=O)C(=O)N2Cc2ccco2)cc1. The summed E-state index contributed by atoms with van der Waals surface area (Å²) in [6.07, 6.45) is 1.51. The summed E-state index contributed by atoms with van der Waals surface area (Å²) in [6, 6.07) is 14.7. The van der Waals surface area contributed by atoms with Crippen molar-refractivity contribution >= 4 is 17.4 Å². The van der Waals surface area contributed by atoms with Gasteiger partial charge in [-0.2, -0.15) is 0 Å². The number of nitrogens with zero attached hydrogens (tertiary/aromatic N) is 1. The van der Waals surface area contributed by atoms with Crippen molar-refractivity contribution in [2.24, 2.45) is 0 Å². The Morgan fingerprint density at radius 1 is 1.06 bits per heavy atom. The summed E-state index contributed by atoms with van der Waals surface area (Å²) < 4.78 is 22.1. The Bertz CT molecular complexity index is 1240. The first-order valence-corrected chi connectivity index (χ1v) is 11.0. The number of aliphatic hydroxyl groups is 1. The number of aliphatic hydroxyl groups excluding tert-OH is 1. The van der Waals surface area contributed by atoms with Crippen LogP contribution in [0.2, 0.25) is 0 Å². The maximum Gasteiger partial charge on any atom is 0.296 e. The molecule has 0 radical (unpaired) electrons. The second-order valence-electron chi connectivity index (χ2n) is 7.87. The van der Waals surface area contributed by atoms with E-state index in [2.05, 4.69) is 0 Å². The zero-order chi connectivity index (χ0) is 23.7. The summed E-state index contributed by atoms with van der Waals surface area (Å²) >= 11 is 0. The first-order valence-electron chi connectivity index (χ1n) is 11.0. The molecule has 0 saturated carbocycles. The fourth-order valence-corrected chi connectivity index (χ4v) is 4.22. The van der Waals surface area contributed by atoms with Gasteiger partial charge in [0, 0.05) is 5.56 Å². The zero-order valence-electron chi connectivity index (χ0n) is 18.5. The van der Waals surface area contributed by atoms with E-state index in [4.69, 9.17) is 18.6 Å². The van der Waals surface area contributed by atoms with Gasteiger partial charge in [0.15, 0.2) is 11.5 Å². The molecule has 2 aliphatic rings. The maximum atomic E-state index is 13.2. The van der Waals surface area contributed by atoms with E-state index >= 15 is 0 Å². The van der Waals surface area contributed by atoms with Crippen molar-refractivity contribution in [2.45, 2.75) is 19.5 Å². The monoisotopic (exact) mass is 461 g/mol. The molecule has 5 rings (SSSR count). The Morgan fingerprint density at radius 3 is 2.53 bits per heavy atom. The van der Waals surface area contributed by atoms with Crippen LogP contribution < -0.4 is 14.2 Å². The Kier molecular flexibility index (Phi) is 5.71. The predicted octanol–water partition coefficient (Wildman–Crippen LogP) is 4.07. The molecule has 1 saturated heterocycles. The third kappa shape index (κ3) is 3.87. The highest BCUT2D eigenvalue weighted by Gasteiger charge is 2.46. The molecule has 0 bridgehead atoms. The lowest BCUT2D eigenvalue weighted by Gasteiger charge is -2.25. The van der Waals surface area contributed by atoms with Crippen molar-refractivity contribution < 1.29 is 33.3 Å². The molecule has 1 aromatic heterocycles. The molecule has 0 spiro atoms. The first kappa shape index (κ1) is 21.6. The molecule has 2 aromatic carbocycles. The summed E-state index contributed by atoms with van der Waals surface area (Å²) in [5.74, 6) is 0.462. The number of rotatable bonds is 6. The van der Waals surface area contributed by atoms with E-state index in [9.17, 15) is 14.7 Å². The smallest absolute Gasteiger partial charge is 0.296 e. The number of carbonyl (C=O) groups is 2. The van der Waals surface area contributed by atoms with Crippen LogP contribution in [0.15, 0.2) is 70.9 Å². The van der Waals surface area contributed by atoms with Gasteiger partial charge < -0.3 is 28.6 Å². The number of furan rings is 1. The molecule has 1 unspecified atom stereocenters. The van der Waals surface area contributed by atoms with Crippen molar-refractivity contribution in [3.8, 4) is 17.2 Å². The maximum absolute atomic E-state index is 13.2. The van der Waals surface area contributed by atoms with E-state index in [-0.39, 0.29) is 17.9 Å². The van der Waals surface area contributed by atoms with Crippen LogP contribution in [-0.4, -0.2) is 41.5 Å². The number of hydrogen-bond donors (Lipinski definition) is 1. The molecular formula is C26H23NO7. The number of fused-ring (bicyclic) bond motifs is 1. The highest BCUT2D eigenvalue weighted by Crippen LogP contribution is 2.42. The minimum Gasteiger partial charge on any atom is -0.507 e. The fraction of sp³-hybridized carbons (Fsp3) is 0.231. The molecule has 1 N–H and O–H groups in total. The summed E-state index contributed by atoms with van der Waals surface area (Å²) in [5, 5.41) is 11.3. The number of Topliss-reactive ketones (excluding diaryl/α,β-unsaturated/α-hetero) is 1. The third-order valence-corrected chi connectivity index (χ3v) is 5.77. The average Bonchev–Trinajstić information content (AvgIpc) is 3.46. The normalized spacial score (nSPS) is 18.9. The lowest BCUT2D eigenvalue weighted by atomic mass is 9.95. The molecule has 2 aliphatic heterocycles. The molecule has 1 fully saturated rings. The van der Waals surface area contributed by atoms with Gasteiger partial charge in [-0.15, -0.1) is 0 Å². The van der Waals surface area contributed by atoms with Gasteiger partial charge in [-0.25, -0.2) is 0 Å². The quantitative estimate of drug-likeness (QED) is 0.336. The van der Waals surface area contributed by atoms with Gasteiger partial charge in [-0.05, 0) is 55.0 Å². The van der Waals surface area contributed by atoms with E-state index in [1.807, 2.05) is 6.92 Å². The van der Waals surface area contributed by atoms with Crippen LogP contribution in [0.25, 0.3) is 5.76 Å². The Morgan fingerprint density at radius 2 is 1.82 bits per heavy atom. The number of carbonyl (C=O) groups excluding carboxylic acids is 2. The molecule has 3 aromatic rings. The number of amides is 1. The van der Waals surface area contributed by atoms with Crippen molar-refractivity contribution in [2.75, 3.05) is 19.8 Å². The lowest BCUT2D eigenvalue weighted by Crippen LogP contribution is -2.29. The minimum absolute atomic E-state index is 0.00241. The van der Waals surface area contributed by atoms with Crippen molar-refractivity contribution in [3.05, 3.63) is 83.3 Å². The minimum atomic E-state index is -0.811. The first-order chi connectivity index (χ1) is 16.6. The molecule has 174 valence electrons. The topological polar surface area (TPSA) is 98.4 Å². The van der Waals surface area contributed by atoms with Gasteiger partial charge in [0.05, 0.1) is 31.0 Å². The van der Waals surface area contributed by atoms with Crippen molar-refractivity contribution in [1.29, 1.82) is 0 Å². The third-order valence-electron chi connectivity index (χ3n) is 5.77. The van der Waals surface area contributed by atoms with Crippen LogP contribution in [0, 0.1) is 0 Å². The van der Waals surface area contributed by atoms with Crippen LogP contribution in [0.3, 0.4) is 0 Å². The fourth-order valence-electron chi connectivity index (χ4n) is 4.22. The second-order valence-corrected chi connectivity index (χ2v) is 7.87. The molecule has 34 heavy (non-hydrogen) atoms. The average molecular weight is 461 g/mol. The number of ether oxygens (including phenoxy) is 3. The van der Waals surface area contributed by atoms with E-state index in [1.165, 1.54) is 11.2 Å². The van der Waals surface area contributed by atoms with Crippen LogP contribution in [0.4, 0.5) is 0 Å². The van der Waals surface area contributed by atoms with Gasteiger partial charge in [-0.3, -0.25) is 9.59 Å². The van der Waals surface area contributed by atoms with Crippen LogP contribution in [0.1, 0.15) is 29.9 Å². The second kappa shape index (κ2) is 8.97. The van der Waals surface area contributed by atoms with Gasteiger partial charge in [0.2, 0.25) is 0 Å². The van der Waals surface area contributed by atoms with Crippen LogP contribution >= 0.6 is 0 Å². The molecule has 1 atom stereocenters. The van der Waals surface area contributed by atoms with E-state index in [0.29, 0.717) is 54.0 Å². The Labute approximate surface area is 196 Å². The summed E-state index contributed by atoms with van der Waals surface area (Å²) in [7, 11) is 0. The lowest BCUT2D eigenvalue weighted by molar-refractivity contribution is -0.140. The van der Waals surface area contributed by atoms with Crippen molar-refractivity contribution in [1.82, 2.24) is 4.90 Å². The molecule has 8 heteroatoms. The predicted molar refractivity (Wildman–Crippen MR) is 122 cm³/mol. The molecule has 8 nitrogen and oxygen atoms in total. The summed E-state index contributed by atoms with van der Waals surface area (Å²) in [6.45, 7) is 3.30. The highest BCUT2D eigenvalue weighted by atomic mass is 16.6. The summed E-state index contributed by atoms with van der Waals surface area (Å²) in [4.78, 5) is 27.7. The van der Waals surface area contributed by atoms with E-state index in [1.54, 1.807) is 54.6 Å². The van der Waals surface area contributed by atoms with Gasteiger partial charge >= 0.3 is 0 Å². The van der Waals surface area contributed by atoms with Crippen LogP contribution in [-0.2, 0) is 16.1 Å². The number of benzene rings is 2. The molecular weight excluding hydrogens is 438 g/mol. The number of likely N-dealkylation sites (tertiary alicyclic amines) is 1. The molecule has 0 aliphatic carbocycles. The van der Waals surface area contributed by atoms with E-state index < -0.39 is 17.7 Å². The zero-order valence-corrected chi connectivity index (χ0v) is 18.5. The molecule has 3 heterocycles. The van der Waals surface area contributed by atoms with Gasteiger partial charge in [0.25, 0.3) is 11.7 Å². The van der Waals surface area contributed by atoms with Crippen LogP contribution in [0.5, 0.6) is 17.2 Å². The number of hydrogen-bond acceptors (Lipinski definition) is 7. The molecule has 1 amide bonds. The summed E-state index contributed by atoms with van der Waals surface area (Å²) in [5.41, 5.74) is 1.02. The Balaban J connectivity index is 1.61.